The fraction of sp³-hybridized carbons (Fsp3) is 1.00. The van der Waals surface area contributed by atoms with Crippen LogP contribution in [-0.2, 0) is 9.09 Å². The van der Waals surface area contributed by atoms with Gasteiger partial charge in [-0.25, -0.2) is 4.57 Å². The Kier molecular flexibility index (Phi) is 5.50. The normalized spacial score (nSPS) is 15.1. The van der Waals surface area contributed by atoms with E-state index in [4.69, 9.17) is 9.79 Å². The first-order valence-electron chi connectivity index (χ1n) is 4.96. The van der Waals surface area contributed by atoms with Crippen LogP contribution in [0.25, 0.3) is 0 Å². The number of phosphoric ester groups is 1. The number of phosphoric acid groups is 1. The first kappa shape index (κ1) is 18.7. The van der Waals surface area contributed by atoms with Crippen LogP contribution in [0.2, 0.25) is 0 Å². The minimum Gasteiger partial charge on any atom is -0.303 e. The Morgan fingerprint density at radius 3 is 1.47 bits per heavy atom. The van der Waals surface area contributed by atoms with Gasteiger partial charge in [0.25, 0.3) is 0 Å². The summed E-state index contributed by atoms with van der Waals surface area (Å²) in [5.74, 6) is -1.41. The molecule has 0 amide bonds. The Balaban J connectivity index is 5.55. The lowest BCUT2D eigenvalue weighted by atomic mass is 9.83. The third kappa shape index (κ3) is 7.76. The van der Waals surface area contributed by atoms with Crippen molar-refractivity contribution in [1.29, 1.82) is 0 Å². The van der Waals surface area contributed by atoms with Crippen LogP contribution in [0.5, 0.6) is 0 Å². The molecule has 0 spiro atoms. The lowest BCUT2D eigenvalue weighted by molar-refractivity contribution is -0.222. The summed E-state index contributed by atoms with van der Waals surface area (Å²) < 4.78 is 88.7. The van der Waals surface area contributed by atoms with Crippen molar-refractivity contribution in [1.82, 2.24) is 0 Å². The third-order valence-electron chi connectivity index (χ3n) is 2.35. The zero-order chi connectivity index (χ0) is 15.7. The van der Waals surface area contributed by atoms with E-state index in [1.54, 1.807) is 0 Å². The lowest BCUT2D eigenvalue weighted by Crippen LogP contribution is -2.45. The van der Waals surface area contributed by atoms with Crippen LogP contribution in [0, 0.1) is 5.92 Å². The van der Waals surface area contributed by atoms with Gasteiger partial charge in [0.1, 0.15) is 0 Å². The molecule has 0 unspecified atom stereocenters. The Morgan fingerprint density at radius 1 is 1.00 bits per heavy atom. The molecule has 0 rings (SSSR count). The Hall–Kier alpha value is -0.310. The van der Waals surface area contributed by atoms with Crippen LogP contribution in [0.3, 0.4) is 0 Å². The quantitative estimate of drug-likeness (QED) is 0.602. The van der Waals surface area contributed by atoms with Gasteiger partial charge in [-0.2, -0.15) is 26.3 Å². The van der Waals surface area contributed by atoms with E-state index in [1.165, 1.54) is 0 Å². The molecule has 0 aromatic carbocycles. The molecule has 2 N–H and O–H groups in total. The van der Waals surface area contributed by atoms with Gasteiger partial charge in [0.2, 0.25) is 0 Å². The molecule has 11 heteroatoms. The molecule has 0 fully saturated rings. The monoisotopic (exact) mass is 318 g/mol. The van der Waals surface area contributed by atoms with Crippen LogP contribution < -0.4 is 0 Å². The van der Waals surface area contributed by atoms with Crippen LogP contribution in [0.4, 0.5) is 26.3 Å². The number of halogens is 6. The van der Waals surface area contributed by atoms with Crippen molar-refractivity contribution < 1.29 is 45.2 Å². The third-order valence-corrected chi connectivity index (χ3v) is 2.95. The average Bonchev–Trinajstić information content (AvgIpc) is 1.91. The van der Waals surface area contributed by atoms with Crippen molar-refractivity contribution in [2.45, 2.75) is 44.6 Å². The van der Waals surface area contributed by atoms with Crippen molar-refractivity contribution in [3.05, 3.63) is 0 Å². The van der Waals surface area contributed by atoms with Crippen LogP contribution >= 0.6 is 7.82 Å². The second kappa shape index (κ2) is 5.59. The van der Waals surface area contributed by atoms with Crippen molar-refractivity contribution in [2.75, 3.05) is 0 Å². The highest BCUT2D eigenvalue weighted by Crippen LogP contribution is 2.51. The first-order chi connectivity index (χ1) is 8.06. The Labute approximate surface area is 105 Å². The number of alkyl halides is 6. The van der Waals surface area contributed by atoms with E-state index < -0.39 is 44.5 Å². The van der Waals surface area contributed by atoms with E-state index in [0.29, 0.717) is 0 Å². The Morgan fingerprint density at radius 2 is 1.32 bits per heavy atom. The van der Waals surface area contributed by atoms with Gasteiger partial charge in [0, 0.05) is 0 Å². The molecule has 19 heavy (non-hydrogen) atoms. The predicted octanol–water partition coefficient (Wildman–Crippen LogP) is 3.40. The molecule has 0 saturated carbocycles. The summed E-state index contributed by atoms with van der Waals surface area (Å²) in [4.78, 5) is 17.1. The van der Waals surface area contributed by atoms with E-state index in [-0.39, 0.29) is 0 Å². The van der Waals surface area contributed by atoms with Crippen molar-refractivity contribution in [2.24, 2.45) is 5.92 Å². The molecular weight excluding hydrogens is 305 g/mol. The summed E-state index contributed by atoms with van der Waals surface area (Å²) in [5.41, 5.74) is -3.06. The second-order valence-corrected chi connectivity index (χ2v) is 5.55. The van der Waals surface area contributed by atoms with Gasteiger partial charge in [-0.15, -0.1) is 0 Å². The van der Waals surface area contributed by atoms with Gasteiger partial charge < -0.3 is 9.79 Å². The number of hydrogen-bond donors (Lipinski definition) is 2. The highest BCUT2D eigenvalue weighted by molar-refractivity contribution is 7.46. The highest BCUT2D eigenvalue weighted by atomic mass is 31.2. The average molecular weight is 318 g/mol. The summed E-state index contributed by atoms with van der Waals surface area (Å²) in [7, 11) is -5.51. The molecule has 0 aliphatic heterocycles. The predicted molar refractivity (Wildman–Crippen MR) is 52.0 cm³/mol. The summed E-state index contributed by atoms with van der Waals surface area (Å²) in [5, 5.41) is 0. The van der Waals surface area contributed by atoms with Gasteiger partial charge in [-0.1, -0.05) is 13.8 Å². The zero-order valence-corrected chi connectivity index (χ0v) is 10.8. The van der Waals surface area contributed by atoms with E-state index in [2.05, 4.69) is 4.52 Å². The van der Waals surface area contributed by atoms with Gasteiger partial charge in [-0.3, -0.25) is 4.52 Å². The maximum atomic E-state index is 12.4. The SMILES string of the molecule is CC(C)C(CC(F)(F)F)(CC(F)(F)F)OP(=O)(O)O. The van der Waals surface area contributed by atoms with Crippen molar-refractivity contribution >= 4 is 7.82 Å². The van der Waals surface area contributed by atoms with E-state index in [0.717, 1.165) is 13.8 Å². The van der Waals surface area contributed by atoms with Crippen LogP contribution in [-0.4, -0.2) is 27.7 Å². The lowest BCUT2D eigenvalue weighted by Gasteiger charge is -2.38. The molecule has 0 aromatic heterocycles. The molecule has 0 heterocycles. The van der Waals surface area contributed by atoms with Crippen molar-refractivity contribution in [3.63, 3.8) is 0 Å². The maximum absolute atomic E-state index is 12.4. The summed E-state index contributed by atoms with van der Waals surface area (Å²) in [6, 6.07) is 0. The standard InChI is InChI=1S/C8H13F6O4P/c1-5(2)6(3-7(9,10)11,4-8(12,13)14)18-19(15,16)17/h5H,3-4H2,1-2H3,(H2,15,16,17). The highest BCUT2D eigenvalue weighted by Gasteiger charge is 2.54. The van der Waals surface area contributed by atoms with Gasteiger partial charge >= 0.3 is 20.2 Å². The molecule has 0 radical (unpaired) electrons. The largest absolute Gasteiger partial charge is 0.470 e. The molecule has 4 nitrogen and oxygen atoms in total. The van der Waals surface area contributed by atoms with Crippen molar-refractivity contribution in [3.8, 4) is 0 Å². The van der Waals surface area contributed by atoms with E-state index >= 15 is 0 Å². The fourth-order valence-electron chi connectivity index (χ4n) is 1.56. The van der Waals surface area contributed by atoms with E-state index in [1.807, 2.05) is 0 Å². The molecule has 116 valence electrons. The maximum Gasteiger partial charge on any atom is 0.470 e. The second-order valence-electron chi connectivity index (χ2n) is 4.39. The van der Waals surface area contributed by atoms with Crippen LogP contribution in [0.15, 0.2) is 0 Å². The summed E-state index contributed by atoms with van der Waals surface area (Å²) >= 11 is 0. The van der Waals surface area contributed by atoms with Crippen LogP contribution in [0.1, 0.15) is 26.7 Å². The molecule has 0 aliphatic rings. The molecule has 0 atom stereocenters. The molecule has 0 aliphatic carbocycles. The molecule has 0 bridgehead atoms. The first-order valence-corrected chi connectivity index (χ1v) is 6.49. The van der Waals surface area contributed by atoms with Gasteiger partial charge in [-0.05, 0) is 5.92 Å². The topological polar surface area (TPSA) is 66.8 Å². The summed E-state index contributed by atoms with van der Waals surface area (Å²) in [6.07, 6.45) is -14.3. The minimum atomic E-state index is -5.51. The molecule has 0 saturated heterocycles. The van der Waals surface area contributed by atoms with Gasteiger partial charge in [0.15, 0.2) is 0 Å². The molecular formula is C8H13F6O4P. The van der Waals surface area contributed by atoms with E-state index in [9.17, 15) is 30.9 Å². The summed E-state index contributed by atoms with van der Waals surface area (Å²) in [6.45, 7) is 1.93. The molecule has 0 aromatic rings. The number of rotatable bonds is 5. The smallest absolute Gasteiger partial charge is 0.303 e. The minimum absolute atomic E-state index is 0.965. The fourth-order valence-corrected chi connectivity index (χ4v) is 2.37. The zero-order valence-electron chi connectivity index (χ0n) is 9.92. The van der Waals surface area contributed by atoms with Gasteiger partial charge in [0.05, 0.1) is 18.4 Å². The Bertz CT molecular complexity index is 328. The number of hydrogen-bond acceptors (Lipinski definition) is 2.